The number of hydrogen-bond acceptors (Lipinski definition) is 4. The molecule has 1 atom stereocenters. The Morgan fingerprint density at radius 2 is 1.87 bits per heavy atom. The van der Waals surface area contributed by atoms with Crippen LogP contribution in [0.3, 0.4) is 0 Å². The third-order valence-electron chi connectivity index (χ3n) is 7.02. The van der Waals surface area contributed by atoms with Gasteiger partial charge in [0, 0.05) is 49.8 Å². The predicted octanol–water partition coefficient (Wildman–Crippen LogP) is 3.31. The molecule has 2 aromatic carbocycles. The molecule has 3 heterocycles. The number of carbonyl (C=O) groups excluding carboxylic acids is 2. The van der Waals surface area contributed by atoms with Crippen LogP contribution in [0.25, 0.3) is 0 Å². The number of rotatable bonds is 2. The van der Waals surface area contributed by atoms with Crippen LogP contribution < -0.4 is 15.0 Å². The summed E-state index contributed by atoms with van der Waals surface area (Å²) in [6.45, 7) is 4.26. The van der Waals surface area contributed by atoms with Crippen molar-refractivity contribution in [3.05, 3.63) is 59.2 Å². The first-order valence-electron chi connectivity index (χ1n) is 11.1. The first kappa shape index (κ1) is 20.1. The van der Waals surface area contributed by atoms with Gasteiger partial charge in [-0.15, -0.1) is 0 Å². The van der Waals surface area contributed by atoms with E-state index < -0.39 is 0 Å². The summed E-state index contributed by atoms with van der Waals surface area (Å²) in [4.78, 5) is 29.1. The van der Waals surface area contributed by atoms with Crippen LogP contribution in [0.2, 0.25) is 0 Å². The molecular weight excluding hydrogens is 390 g/mol. The minimum atomic E-state index is -0.223. The lowest BCUT2D eigenvalue weighted by Crippen LogP contribution is -2.51. The number of amides is 2. The van der Waals surface area contributed by atoms with E-state index in [1.54, 1.807) is 11.8 Å². The number of para-hydroxylation sites is 1. The summed E-state index contributed by atoms with van der Waals surface area (Å²) in [6.07, 6.45) is 3.49. The molecule has 1 spiro atoms. The molecule has 1 N–H and O–H groups in total. The van der Waals surface area contributed by atoms with Gasteiger partial charge in [-0.25, -0.2) is 0 Å². The molecule has 2 aromatic rings. The molecule has 0 aliphatic carbocycles. The van der Waals surface area contributed by atoms with E-state index in [-0.39, 0.29) is 23.5 Å². The number of carbonyl (C=O) groups is 2. The lowest BCUT2D eigenvalue weighted by Gasteiger charge is -2.46. The monoisotopic (exact) mass is 419 g/mol. The number of likely N-dealkylation sites (tertiary alicyclic amines) is 1. The number of anilines is 1. The quantitative estimate of drug-likeness (QED) is 0.811. The van der Waals surface area contributed by atoms with Crippen LogP contribution in [0.15, 0.2) is 42.5 Å². The van der Waals surface area contributed by atoms with E-state index >= 15 is 0 Å². The molecule has 0 radical (unpaired) electrons. The van der Waals surface area contributed by atoms with Crippen molar-refractivity contribution >= 4 is 17.5 Å². The third-order valence-corrected chi connectivity index (χ3v) is 7.02. The van der Waals surface area contributed by atoms with Crippen molar-refractivity contribution in [1.29, 1.82) is 0 Å². The number of nitrogens with zero attached hydrogens (tertiary/aromatic N) is 2. The van der Waals surface area contributed by atoms with Crippen LogP contribution in [0, 0.1) is 0 Å². The molecule has 3 aliphatic rings. The first-order chi connectivity index (χ1) is 14.9. The lowest BCUT2D eigenvalue weighted by atomic mass is 9.80. The maximum atomic E-state index is 13.2. The minimum absolute atomic E-state index is 0.0400. The SMILES string of the molecule is CC(=O)N1CCc2cc(C(=O)N[C@@H]3CC4(CCN(C)CC4)Oc4ccccc43)ccc21. The highest BCUT2D eigenvalue weighted by Crippen LogP contribution is 2.44. The number of hydrogen-bond donors (Lipinski definition) is 1. The molecule has 5 rings (SSSR count). The van der Waals surface area contributed by atoms with E-state index in [1.165, 1.54) is 0 Å². The molecule has 6 heteroatoms. The highest BCUT2D eigenvalue weighted by molar-refractivity contribution is 5.98. The Morgan fingerprint density at radius 3 is 2.65 bits per heavy atom. The van der Waals surface area contributed by atoms with Gasteiger partial charge in [0.2, 0.25) is 5.91 Å². The van der Waals surface area contributed by atoms with Gasteiger partial charge in [-0.1, -0.05) is 18.2 Å². The zero-order valence-corrected chi connectivity index (χ0v) is 18.2. The minimum Gasteiger partial charge on any atom is -0.487 e. The second kappa shape index (κ2) is 7.68. The highest BCUT2D eigenvalue weighted by atomic mass is 16.5. The first-order valence-corrected chi connectivity index (χ1v) is 11.1. The number of piperidine rings is 1. The van der Waals surface area contributed by atoms with Gasteiger partial charge >= 0.3 is 0 Å². The molecule has 31 heavy (non-hydrogen) atoms. The number of ether oxygens (including phenoxy) is 1. The topological polar surface area (TPSA) is 61.9 Å². The Balaban J connectivity index is 1.39. The Hall–Kier alpha value is -2.86. The number of fused-ring (bicyclic) bond motifs is 2. The van der Waals surface area contributed by atoms with Crippen molar-refractivity contribution in [3.8, 4) is 5.75 Å². The summed E-state index contributed by atoms with van der Waals surface area (Å²) in [5, 5.41) is 3.29. The van der Waals surface area contributed by atoms with Gasteiger partial charge in [0.15, 0.2) is 0 Å². The van der Waals surface area contributed by atoms with E-state index in [1.807, 2.05) is 36.4 Å². The van der Waals surface area contributed by atoms with Crippen LogP contribution in [-0.2, 0) is 11.2 Å². The summed E-state index contributed by atoms with van der Waals surface area (Å²) in [7, 11) is 2.14. The molecular formula is C25H29N3O3. The smallest absolute Gasteiger partial charge is 0.251 e. The van der Waals surface area contributed by atoms with Crippen LogP contribution >= 0.6 is 0 Å². The van der Waals surface area contributed by atoms with Crippen molar-refractivity contribution in [2.24, 2.45) is 0 Å². The van der Waals surface area contributed by atoms with Crippen molar-refractivity contribution in [3.63, 3.8) is 0 Å². The fourth-order valence-corrected chi connectivity index (χ4v) is 5.19. The molecule has 3 aliphatic heterocycles. The van der Waals surface area contributed by atoms with E-state index in [2.05, 4.69) is 23.3 Å². The van der Waals surface area contributed by atoms with E-state index in [9.17, 15) is 9.59 Å². The average molecular weight is 420 g/mol. The molecule has 2 amide bonds. The summed E-state index contributed by atoms with van der Waals surface area (Å²) >= 11 is 0. The largest absolute Gasteiger partial charge is 0.487 e. The predicted molar refractivity (Wildman–Crippen MR) is 120 cm³/mol. The Morgan fingerprint density at radius 1 is 1.10 bits per heavy atom. The van der Waals surface area contributed by atoms with Crippen molar-refractivity contribution < 1.29 is 14.3 Å². The second-order valence-corrected chi connectivity index (χ2v) is 9.12. The van der Waals surface area contributed by atoms with E-state index in [0.29, 0.717) is 12.1 Å². The second-order valence-electron chi connectivity index (χ2n) is 9.12. The molecule has 6 nitrogen and oxygen atoms in total. The molecule has 1 fully saturated rings. The van der Waals surface area contributed by atoms with Crippen LogP contribution in [0.1, 0.15) is 53.7 Å². The molecule has 162 valence electrons. The van der Waals surface area contributed by atoms with Crippen molar-refractivity contribution in [1.82, 2.24) is 10.2 Å². The van der Waals surface area contributed by atoms with Gasteiger partial charge in [0.25, 0.3) is 5.91 Å². The zero-order chi connectivity index (χ0) is 21.6. The normalized spacial score (nSPS) is 21.9. The maximum Gasteiger partial charge on any atom is 0.251 e. The van der Waals surface area contributed by atoms with Gasteiger partial charge in [-0.05, 0) is 56.1 Å². The Bertz CT molecular complexity index is 1030. The summed E-state index contributed by atoms with van der Waals surface area (Å²) in [6, 6.07) is 13.6. The molecule has 1 saturated heterocycles. The maximum absolute atomic E-state index is 13.2. The van der Waals surface area contributed by atoms with Gasteiger partial charge < -0.3 is 19.9 Å². The van der Waals surface area contributed by atoms with Crippen molar-refractivity contribution in [2.75, 3.05) is 31.6 Å². The van der Waals surface area contributed by atoms with E-state index in [4.69, 9.17) is 4.74 Å². The zero-order valence-electron chi connectivity index (χ0n) is 18.2. The Kier molecular flexibility index (Phi) is 4.97. The third kappa shape index (κ3) is 3.69. The molecule has 0 unspecified atom stereocenters. The van der Waals surface area contributed by atoms with Gasteiger partial charge in [0.1, 0.15) is 11.4 Å². The van der Waals surface area contributed by atoms with E-state index in [0.717, 1.165) is 61.3 Å². The molecule has 0 saturated carbocycles. The highest BCUT2D eigenvalue weighted by Gasteiger charge is 2.43. The average Bonchev–Trinajstić information content (AvgIpc) is 3.20. The summed E-state index contributed by atoms with van der Waals surface area (Å²) < 4.78 is 6.51. The van der Waals surface area contributed by atoms with Crippen LogP contribution in [0.5, 0.6) is 5.75 Å². The van der Waals surface area contributed by atoms with Crippen molar-refractivity contribution in [2.45, 2.75) is 44.2 Å². The standard InChI is InChI=1S/C25H29N3O3/c1-17(29)28-12-9-18-15-19(7-8-22(18)28)24(30)26-21-16-25(10-13-27(2)14-11-25)31-23-6-4-3-5-20(21)23/h3-8,15,21H,9-14,16H2,1-2H3,(H,26,30)/t21-/m1/s1. The van der Waals surface area contributed by atoms with Gasteiger partial charge in [0.05, 0.1) is 6.04 Å². The fraction of sp³-hybridized carbons (Fsp3) is 0.440. The summed E-state index contributed by atoms with van der Waals surface area (Å²) in [5.74, 6) is 0.849. The lowest BCUT2D eigenvalue weighted by molar-refractivity contribution is -0.116. The van der Waals surface area contributed by atoms with Crippen LogP contribution in [0.4, 0.5) is 5.69 Å². The number of nitrogens with one attached hydrogen (secondary N) is 1. The molecule has 0 bridgehead atoms. The number of benzene rings is 2. The summed E-state index contributed by atoms with van der Waals surface area (Å²) in [5.41, 5.74) is 3.45. The van der Waals surface area contributed by atoms with Crippen LogP contribution in [-0.4, -0.2) is 49.0 Å². The Labute approximate surface area is 183 Å². The van der Waals surface area contributed by atoms with Gasteiger partial charge in [-0.3, -0.25) is 9.59 Å². The van der Waals surface area contributed by atoms with Gasteiger partial charge in [-0.2, -0.15) is 0 Å². The molecule has 0 aromatic heterocycles. The fourth-order valence-electron chi connectivity index (χ4n) is 5.19.